The number of aromatic nitrogens is 1. The molecule has 2 atom stereocenters. The van der Waals surface area contributed by atoms with Gasteiger partial charge in [-0.05, 0) is 30.5 Å². The van der Waals surface area contributed by atoms with Gasteiger partial charge in [-0.2, -0.15) is 0 Å². The lowest BCUT2D eigenvalue weighted by molar-refractivity contribution is -0.881. The van der Waals surface area contributed by atoms with E-state index in [2.05, 4.69) is 15.6 Å². The van der Waals surface area contributed by atoms with Gasteiger partial charge in [0.25, 0.3) is 12.1 Å². The molecule has 0 spiro atoms. The van der Waals surface area contributed by atoms with Crippen LogP contribution in [0.1, 0.15) is 61.0 Å². The van der Waals surface area contributed by atoms with Gasteiger partial charge in [-0.3, -0.25) is 9.59 Å². The lowest BCUT2D eigenvalue weighted by atomic mass is 9.95. The number of likely N-dealkylation sites (tertiary alicyclic amines) is 1. The van der Waals surface area contributed by atoms with E-state index in [0.29, 0.717) is 18.6 Å². The van der Waals surface area contributed by atoms with Crippen molar-refractivity contribution < 1.29 is 24.0 Å². The van der Waals surface area contributed by atoms with Gasteiger partial charge >= 0.3 is 11.8 Å². The van der Waals surface area contributed by atoms with Crippen LogP contribution in [-0.2, 0) is 16.0 Å². The van der Waals surface area contributed by atoms with Crippen LogP contribution in [0.5, 0.6) is 0 Å². The Hall–Kier alpha value is -3.62. The topological polar surface area (TPSA) is 108 Å². The van der Waals surface area contributed by atoms with Crippen LogP contribution >= 0.6 is 0 Å². The highest BCUT2D eigenvalue weighted by atomic mass is 16.3. The Morgan fingerprint density at radius 3 is 2.31 bits per heavy atom. The van der Waals surface area contributed by atoms with Gasteiger partial charge in [0, 0.05) is 30.7 Å². The monoisotopic (exact) mass is 529 g/mol. The van der Waals surface area contributed by atoms with Crippen molar-refractivity contribution in [3.63, 3.8) is 0 Å². The van der Waals surface area contributed by atoms with E-state index in [4.69, 9.17) is 0 Å². The molecule has 39 heavy (non-hydrogen) atoms. The van der Waals surface area contributed by atoms with Crippen molar-refractivity contribution in [2.75, 3.05) is 13.1 Å². The number of hydrogen-bond acceptors (Lipinski definition) is 5. The SMILES string of the molecule is O=C(NC(Cc1ccccc1)C(=O)[N+]1(C(O)C(=O)NC2CCCCC2)CCCC1)c1ccc2ccccc2n1. The average molecular weight is 530 g/mol. The zero-order valence-electron chi connectivity index (χ0n) is 22.2. The Balaban J connectivity index is 1.40. The molecule has 8 heteroatoms. The number of nitrogens with zero attached hydrogens (tertiary/aromatic N) is 2. The molecule has 1 saturated carbocycles. The molecule has 3 aromatic rings. The quantitative estimate of drug-likeness (QED) is 0.387. The molecule has 2 aliphatic rings. The Labute approximate surface area is 229 Å². The summed E-state index contributed by atoms with van der Waals surface area (Å²) in [5.41, 5.74) is 1.78. The maximum absolute atomic E-state index is 14.3. The number of benzene rings is 2. The second-order valence-electron chi connectivity index (χ2n) is 10.8. The Morgan fingerprint density at radius 2 is 1.56 bits per heavy atom. The highest BCUT2D eigenvalue weighted by Crippen LogP contribution is 2.27. The summed E-state index contributed by atoms with van der Waals surface area (Å²) in [6, 6.07) is 19.6. The molecule has 1 aromatic heterocycles. The minimum absolute atomic E-state index is 0.0254. The van der Waals surface area contributed by atoms with Gasteiger partial charge in [0.15, 0.2) is 0 Å². The van der Waals surface area contributed by atoms with Gasteiger partial charge in [0.05, 0.1) is 18.6 Å². The third kappa shape index (κ3) is 6.02. The molecule has 1 aliphatic heterocycles. The molecular formula is C31H37N4O4+. The second kappa shape index (κ2) is 12.1. The zero-order valence-corrected chi connectivity index (χ0v) is 22.2. The number of aliphatic hydroxyl groups excluding tert-OH is 1. The molecule has 204 valence electrons. The van der Waals surface area contributed by atoms with Gasteiger partial charge < -0.3 is 15.7 Å². The van der Waals surface area contributed by atoms with Crippen LogP contribution in [0.2, 0.25) is 0 Å². The second-order valence-corrected chi connectivity index (χ2v) is 10.8. The molecule has 2 fully saturated rings. The Bertz CT molecular complexity index is 1320. The molecule has 2 aromatic carbocycles. The summed E-state index contributed by atoms with van der Waals surface area (Å²) in [6.45, 7) is 0.709. The summed E-state index contributed by atoms with van der Waals surface area (Å²) in [4.78, 5) is 45.4. The fourth-order valence-electron chi connectivity index (χ4n) is 6.02. The third-order valence-electron chi connectivity index (χ3n) is 8.17. The van der Waals surface area contributed by atoms with Crippen LogP contribution in [-0.4, -0.2) is 63.7 Å². The van der Waals surface area contributed by atoms with Crippen molar-refractivity contribution in [3.05, 3.63) is 78.0 Å². The van der Waals surface area contributed by atoms with E-state index >= 15 is 0 Å². The molecule has 5 rings (SSSR count). The van der Waals surface area contributed by atoms with Gasteiger partial charge in [0.2, 0.25) is 0 Å². The van der Waals surface area contributed by atoms with Crippen molar-refractivity contribution in [1.82, 2.24) is 15.6 Å². The first-order chi connectivity index (χ1) is 19.0. The number of rotatable bonds is 8. The Morgan fingerprint density at radius 1 is 0.872 bits per heavy atom. The first-order valence-electron chi connectivity index (χ1n) is 14.1. The number of pyridine rings is 1. The number of fused-ring (bicyclic) bond motifs is 1. The first kappa shape index (κ1) is 27.0. The normalized spacial score (nSPS) is 18.8. The molecule has 3 N–H and O–H groups in total. The van der Waals surface area contributed by atoms with Crippen LogP contribution in [0, 0.1) is 0 Å². The number of para-hydroxylation sites is 1. The number of aliphatic hydroxyl groups is 1. The van der Waals surface area contributed by atoms with Gasteiger partial charge in [-0.1, -0.05) is 73.9 Å². The van der Waals surface area contributed by atoms with Crippen molar-refractivity contribution in [1.29, 1.82) is 0 Å². The standard InChI is InChI=1S/C31H36N4O4/c36-28(26-18-17-23-13-7-8-16-25(23)33-26)34-27(21-22-11-3-1-4-12-22)30(38)35(19-9-10-20-35)31(39)29(37)32-24-14-5-2-6-15-24/h1,3-4,7-8,11-13,16-18,24,27,31,39H,2,5-6,9-10,14-15,19-21H2,(H-,32,34,36,37)/p+1. The van der Waals surface area contributed by atoms with Gasteiger partial charge in [-0.25, -0.2) is 14.3 Å². The van der Waals surface area contributed by atoms with Crippen molar-refractivity contribution >= 4 is 28.6 Å². The van der Waals surface area contributed by atoms with Crippen LogP contribution in [0.25, 0.3) is 10.9 Å². The molecule has 2 unspecified atom stereocenters. The molecular weight excluding hydrogens is 492 g/mol. The minimum atomic E-state index is -1.52. The van der Waals surface area contributed by atoms with Crippen LogP contribution in [0.3, 0.4) is 0 Å². The van der Waals surface area contributed by atoms with Crippen molar-refractivity contribution in [3.8, 4) is 0 Å². The van der Waals surface area contributed by atoms with Crippen molar-refractivity contribution in [2.45, 2.75) is 69.7 Å². The van der Waals surface area contributed by atoms with Gasteiger partial charge in [-0.15, -0.1) is 0 Å². The minimum Gasteiger partial charge on any atom is -0.346 e. The lowest BCUT2D eigenvalue weighted by Gasteiger charge is -2.38. The summed E-state index contributed by atoms with van der Waals surface area (Å²) in [7, 11) is 0. The summed E-state index contributed by atoms with van der Waals surface area (Å²) < 4.78 is -0.374. The third-order valence-corrected chi connectivity index (χ3v) is 8.17. The predicted octanol–water partition coefficient (Wildman–Crippen LogP) is 3.48. The molecule has 8 nitrogen and oxygen atoms in total. The molecule has 0 radical (unpaired) electrons. The number of carbonyl (C=O) groups excluding carboxylic acids is 3. The smallest absolute Gasteiger partial charge is 0.339 e. The number of amides is 3. The molecule has 1 saturated heterocycles. The largest absolute Gasteiger partial charge is 0.346 e. The maximum atomic E-state index is 14.3. The average Bonchev–Trinajstić information content (AvgIpc) is 3.48. The lowest BCUT2D eigenvalue weighted by Crippen LogP contribution is -2.67. The Kier molecular flexibility index (Phi) is 8.33. The highest BCUT2D eigenvalue weighted by Gasteiger charge is 2.52. The summed E-state index contributed by atoms with van der Waals surface area (Å²) in [5.74, 6) is -1.32. The van der Waals surface area contributed by atoms with Crippen LogP contribution < -0.4 is 10.6 Å². The van der Waals surface area contributed by atoms with E-state index in [0.717, 1.165) is 55.9 Å². The van der Waals surface area contributed by atoms with E-state index in [1.165, 1.54) is 0 Å². The van der Waals surface area contributed by atoms with E-state index in [-0.39, 0.29) is 28.5 Å². The summed E-state index contributed by atoms with van der Waals surface area (Å²) >= 11 is 0. The fourth-order valence-corrected chi connectivity index (χ4v) is 6.02. The number of hydrogen-bond donors (Lipinski definition) is 3. The molecule has 3 amide bonds. The van der Waals surface area contributed by atoms with Crippen molar-refractivity contribution in [2.24, 2.45) is 0 Å². The van der Waals surface area contributed by atoms with Gasteiger partial charge in [0.1, 0.15) is 11.7 Å². The summed E-state index contributed by atoms with van der Waals surface area (Å²) in [5, 5.41) is 18.2. The highest BCUT2D eigenvalue weighted by molar-refractivity contribution is 5.97. The number of quaternary nitrogens is 1. The zero-order chi connectivity index (χ0) is 27.2. The first-order valence-corrected chi connectivity index (χ1v) is 14.1. The fraction of sp³-hybridized carbons (Fsp3) is 0.419. The number of carbonyl (C=O) groups is 3. The maximum Gasteiger partial charge on any atom is 0.339 e. The number of nitrogens with one attached hydrogen (secondary N) is 2. The van der Waals surface area contributed by atoms with Crippen LogP contribution in [0.15, 0.2) is 66.7 Å². The molecule has 2 heterocycles. The summed E-state index contributed by atoms with van der Waals surface area (Å²) in [6.07, 6.45) is 5.19. The molecule has 0 bridgehead atoms. The van der Waals surface area contributed by atoms with E-state index in [1.807, 2.05) is 60.7 Å². The van der Waals surface area contributed by atoms with E-state index in [1.54, 1.807) is 6.07 Å². The molecule has 1 aliphatic carbocycles. The van der Waals surface area contributed by atoms with E-state index < -0.39 is 24.1 Å². The van der Waals surface area contributed by atoms with Crippen LogP contribution in [0.4, 0.5) is 0 Å². The predicted molar refractivity (Wildman–Crippen MR) is 148 cm³/mol. The van der Waals surface area contributed by atoms with E-state index in [9.17, 15) is 19.5 Å².